The van der Waals surface area contributed by atoms with Gasteiger partial charge in [-0.15, -0.1) is 0 Å². The third-order valence-electron chi connectivity index (χ3n) is 2.97. The summed E-state index contributed by atoms with van der Waals surface area (Å²) < 4.78 is 5.65. The van der Waals surface area contributed by atoms with Gasteiger partial charge in [-0.05, 0) is 13.3 Å². The number of rotatable bonds is 3. The van der Waals surface area contributed by atoms with E-state index in [1.54, 1.807) is 6.20 Å². The van der Waals surface area contributed by atoms with Crippen LogP contribution in [0, 0.1) is 6.92 Å². The van der Waals surface area contributed by atoms with Crippen LogP contribution in [0.1, 0.15) is 18.9 Å². The van der Waals surface area contributed by atoms with Crippen LogP contribution >= 0.6 is 0 Å². The molecule has 0 aromatic carbocycles. The Morgan fingerprint density at radius 1 is 1.65 bits per heavy atom. The maximum absolute atomic E-state index is 5.65. The molecule has 1 fully saturated rings. The summed E-state index contributed by atoms with van der Waals surface area (Å²) in [4.78, 5) is 10.7. The van der Waals surface area contributed by atoms with Crippen molar-refractivity contribution in [2.45, 2.75) is 26.4 Å². The summed E-state index contributed by atoms with van der Waals surface area (Å²) in [7, 11) is 0. The second kappa shape index (κ2) is 5.29. The quantitative estimate of drug-likeness (QED) is 0.595. The van der Waals surface area contributed by atoms with E-state index in [2.05, 4.69) is 27.2 Å². The molecular weight excluding hydrogens is 218 g/mol. The predicted molar refractivity (Wildman–Crippen MR) is 66.8 cm³/mol. The minimum atomic E-state index is 0.285. The maximum atomic E-state index is 5.65. The van der Waals surface area contributed by atoms with Gasteiger partial charge in [0, 0.05) is 24.8 Å². The molecule has 2 heterocycles. The van der Waals surface area contributed by atoms with Crippen LogP contribution in [-0.4, -0.2) is 35.8 Å². The number of ether oxygens (including phenoxy) is 1. The zero-order valence-electron chi connectivity index (χ0n) is 10.3. The van der Waals surface area contributed by atoms with Crippen LogP contribution in [0.15, 0.2) is 6.20 Å². The molecular formula is C11H19N5O. The minimum absolute atomic E-state index is 0.285. The lowest BCUT2D eigenvalue weighted by Gasteiger charge is -2.34. The molecule has 0 aliphatic carbocycles. The fourth-order valence-electron chi connectivity index (χ4n) is 1.98. The molecule has 94 valence electrons. The molecule has 6 heteroatoms. The van der Waals surface area contributed by atoms with Crippen LogP contribution in [0.25, 0.3) is 0 Å². The summed E-state index contributed by atoms with van der Waals surface area (Å²) in [5, 5.41) is 0. The van der Waals surface area contributed by atoms with E-state index in [9.17, 15) is 0 Å². The molecule has 1 aliphatic rings. The summed E-state index contributed by atoms with van der Waals surface area (Å²) in [6.45, 7) is 6.62. The summed E-state index contributed by atoms with van der Waals surface area (Å²) in [5.74, 6) is 6.72. The number of nitrogen functional groups attached to an aromatic ring is 1. The van der Waals surface area contributed by atoms with E-state index in [1.807, 2.05) is 6.92 Å². The van der Waals surface area contributed by atoms with Crippen LogP contribution in [-0.2, 0) is 4.74 Å². The monoisotopic (exact) mass is 237 g/mol. The molecule has 0 amide bonds. The largest absolute Gasteiger partial charge is 0.375 e. The Labute approximate surface area is 101 Å². The van der Waals surface area contributed by atoms with Gasteiger partial charge in [0.25, 0.3) is 0 Å². The van der Waals surface area contributed by atoms with Crippen LogP contribution in [0.3, 0.4) is 0 Å². The first-order valence-electron chi connectivity index (χ1n) is 5.91. The van der Waals surface area contributed by atoms with Crippen molar-refractivity contribution in [3.63, 3.8) is 0 Å². The first-order valence-corrected chi connectivity index (χ1v) is 5.91. The zero-order valence-corrected chi connectivity index (χ0v) is 10.3. The number of hydrogen-bond acceptors (Lipinski definition) is 6. The highest BCUT2D eigenvalue weighted by Gasteiger charge is 2.21. The molecule has 3 N–H and O–H groups in total. The van der Waals surface area contributed by atoms with Crippen LogP contribution in [0.5, 0.6) is 0 Å². The summed E-state index contributed by atoms with van der Waals surface area (Å²) >= 11 is 0. The van der Waals surface area contributed by atoms with Gasteiger partial charge in [0.05, 0.1) is 12.7 Å². The average Bonchev–Trinajstić information content (AvgIpc) is 2.39. The van der Waals surface area contributed by atoms with Crippen molar-refractivity contribution in [2.24, 2.45) is 5.84 Å². The van der Waals surface area contributed by atoms with Gasteiger partial charge in [-0.1, -0.05) is 6.92 Å². The number of nitrogens with two attached hydrogens (primary N) is 1. The van der Waals surface area contributed by atoms with E-state index in [0.717, 1.165) is 37.5 Å². The van der Waals surface area contributed by atoms with Crippen molar-refractivity contribution in [2.75, 3.05) is 30.0 Å². The van der Waals surface area contributed by atoms with Crippen LogP contribution in [0.2, 0.25) is 0 Å². The first-order chi connectivity index (χ1) is 8.24. The average molecular weight is 237 g/mol. The van der Waals surface area contributed by atoms with E-state index in [-0.39, 0.29) is 6.10 Å². The number of hydrogen-bond donors (Lipinski definition) is 2. The number of hydrazine groups is 1. The normalized spacial score (nSPS) is 20.4. The molecule has 0 radical (unpaired) electrons. The van der Waals surface area contributed by atoms with E-state index >= 15 is 0 Å². The van der Waals surface area contributed by atoms with Gasteiger partial charge >= 0.3 is 0 Å². The van der Waals surface area contributed by atoms with E-state index in [1.165, 1.54) is 0 Å². The fraction of sp³-hybridized carbons (Fsp3) is 0.636. The third-order valence-corrected chi connectivity index (χ3v) is 2.97. The lowest BCUT2D eigenvalue weighted by Crippen LogP contribution is -2.43. The van der Waals surface area contributed by atoms with Gasteiger partial charge in [-0.3, -0.25) is 5.43 Å². The molecule has 1 aromatic rings. The lowest BCUT2D eigenvalue weighted by atomic mass is 10.2. The number of aromatic nitrogens is 2. The molecule has 0 spiro atoms. The summed E-state index contributed by atoms with van der Waals surface area (Å²) in [5.41, 5.74) is 3.53. The molecule has 1 unspecified atom stereocenters. The molecule has 2 rings (SSSR count). The van der Waals surface area contributed by atoms with Crippen molar-refractivity contribution in [1.29, 1.82) is 0 Å². The fourth-order valence-corrected chi connectivity index (χ4v) is 1.98. The number of nitrogens with zero attached hydrogens (tertiary/aromatic N) is 3. The Kier molecular flexibility index (Phi) is 3.75. The molecule has 1 atom stereocenters. The van der Waals surface area contributed by atoms with Gasteiger partial charge < -0.3 is 9.64 Å². The molecule has 6 nitrogen and oxygen atoms in total. The molecule has 0 saturated carbocycles. The molecule has 1 aromatic heterocycles. The van der Waals surface area contributed by atoms with E-state index < -0.39 is 0 Å². The van der Waals surface area contributed by atoms with E-state index in [0.29, 0.717) is 5.95 Å². The van der Waals surface area contributed by atoms with Crippen molar-refractivity contribution >= 4 is 11.8 Å². The smallest absolute Gasteiger partial charge is 0.239 e. The third kappa shape index (κ3) is 2.65. The lowest BCUT2D eigenvalue weighted by molar-refractivity contribution is 0.0381. The number of nitrogens with one attached hydrogen (secondary N) is 1. The number of anilines is 2. The van der Waals surface area contributed by atoms with E-state index in [4.69, 9.17) is 10.6 Å². The highest BCUT2D eigenvalue weighted by molar-refractivity contribution is 5.49. The number of aryl methyl sites for hydroxylation is 1. The Morgan fingerprint density at radius 3 is 3.18 bits per heavy atom. The second-order valence-corrected chi connectivity index (χ2v) is 4.19. The predicted octanol–water partition coefficient (Wildman–Crippen LogP) is 0.686. The van der Waals surface area contributed by atoms with Crippen LogP contribution < -0.4 is 16.2 Å². The van der Waals surface area contributed by atoms with Gasteiger partial charge in [-0.2, -0.15) is 4.98 Å². The molecule has 0 bridgehead atoms. The summed E-state index contributed by atoms with van der Waals surface area (Å²) in [6.07, 6.45) is 3.09. The summed E-state index contributed by atoms with van der Waals surface area (Å²) in [6, 6.07) is 0. The Hall–Kier alpha value is -1.40. The standard InChI is InChI=1S/C11H19N5O/c1-3-9-7-16(4-5-17-9)10-8(2)6-13-11(14-10)15-12/h6,9H,3-5,7,12H2,1-2H3,(H,13,14,15). The van der Waals surface area contributed by atoms with Crippen molar-refractivity contribution < 1.29 is 4.74 Å². The van der Waals surface area contributed by atoms with Gasteiger partial charge in [-0.25, -0.2) is 10.8 Å². The van der Waals surface area contributed by atoms with Gasteiger partial charge in [0.2, 0.25) is 5.95 Å². The molecule has 1 saturated heterocycles. The van der Waals surface area contributed by atoms with Crippen molar-refractivity contribution in [3.05, 3.63) is 11.8 Å². The minimum Gasteiger partial charge on any atom is -0.375 e. The highest BCUT2D eigenvalue weighted by atomic mass is 16.5. The van der Waals surface area contributed by atoms with Crippen molar-refractivity contribution in [1.82, 2.24) is 9.97 Å². The highest BCUT2D eigenvalue weighted by Crippen LogP contribution is 2.21. The Balaban J connectivity index is 2.20. The number of morpholine rings is 1. The Morgan fingerprint density at radius 2 is 2.47 bits per heavy atom. The molecule has 17 heavy (non-hydrogen) atoms. The second-order valence-electron chi connectivity index (χ2n) is 4.19. The topological polar surface area (TPSA) is 76.3 Å². The maximum Gasteiger partial charge on any atom is 0.239 e. The van der Waals surface area contributed by atoms with Crippen molar-refractivity contribution in [3.8, 4) is 0 Å². The van der Waals surface area contributed by atoms with Gasteiger partial charge in [0.15, 0.2) is 0 Å². The SMILES string of the molecule is CCC1CN(c2nc(NN)ncc2C)CCO1. The molecule has 1 aliphatic heterocycles. The Bertz CT molecular complexity index is 384. The van der Waals surface area contributed by atoms with Crippen LogP contribution in [0.4, 0.5) is 11.8 Å². The van der Waals surface area contributed by atoms with Gasteiger partial charge in [0.1, 0.15) is 5.82 Å². The zero-order chi connectivity index (χ0) is 12.3. The first kappa shape index (κ1) is 12.1.